The van der Waals surface area contributed by atoms with Gasteiger partial charge in [0.25, 0.3) is 0 Å². The maximum atomic E-state index is 5.47. The van der Waals surface area contributed by atoms with Gasteiger partial charge < -0.3 is 14.6 Å². The van der Waals surface area contributed by atoms with Gasteiger partial charge >= 0.3 is 0 Å². The van der Waals surface area contributed by atoms with E-state index >= 15 is 0 Å². The maximum absolute atomic E-state index is 5.47. The van der Waals surface area contributed by atoms with Crippen LogP contribution in [0.5, 0.6) is 0 Å². The molecule has 0 aliphatic heterocycles. The molecule has 0 aliphatic rings. The van der Waals surface area contributed by atoms with Gasteiger partial charge in [-0.05, 0) is 38.6 Å². The Hall–Kier alpha value is -1.81. The van der Waals surface area contributed by atoms with Crippen molar-refractivity contribution in [2.45, 2.75) is 33.9 Å². The van der Waals surface area contributed by atoms with Crippen molar-refractivity contribution in [3.8, 4) is 0 Å². The molecule has 0 bridgehead atoms. The molecule has 0 fully saturated rings. The van der Waals surface area contributed by atoms with Crippen LogP contribution in [0, 0.1) is 6.92 Å². The summed E-state index contributed by atoms with van der Waals surface area (Å²) in [4.78, 5) is 6.74. The largest absolute Gasteiger partial charge is 0.467 e. The van der Waals surface area contributed by atoms with Gasteiger partial charge in [-0.1, -0.05) is 6.92 Å². The van der Waals surface area contributed by atoms with Crippen molar-refractivity contribution in [2.75, 3.05) is 18.0 Å². The molecule has 1 N–H and O–H groups in total. The molecule has 108 valence electrons. The minimum absolute atomic E-state index is 0.784. The molecule has 0 aromatic carbocycles. The van der Waals surface area contributed by atoms with Crippen molar-refractivity contribution in [1.82, 2.24) is 10.3 Å². The summed E-state index contributed by atoms with van der Waals surface area (Å²) in [5.74, 6) is 0.982. The number of pyridine rings is 1. The average molecular weight is 273 g/mol. The summed E-state index contributed by atoms with van der Waals surface area (Å²) in [6, 6.07) is 6.10. The lowest BCUT2D eigenvalue weighted by molar-refractivity contribution is 0.503. The molecule has 0 aliphatic carbocycles. The maximum Gasteiger partial charge on any atom is 0.123 e. The molecule has 2 aromatic heterocycles. The number of anilines is 1. The predicted molar refractivity (Wildman–Crippen MR) is 81.8 cm³/mol. The van der Waals surface area contributed by atoms with Crippen molar-refractivity contribution >= 4 is 5.69 Å². The first kappa shape index (κ1) is 14.6. The highest BCUT2D eigenvalue weighted by Gasteiger charge is 2.12. The molecule has 0 amide bonds. The Morgan fingerprint density at radius 3 is 2.85 bits per heavy atom. The second kappa shape index (κ2) is 7.10. The van der Waals surface area contributed by atoms with Crippen molar-refractivity contribution in [2.24, 2.45) is 0 Å². The summed E-state index contributed by atoms with van der Waals surface area (Å²) in [5.41, 5.74) is 3.50. The van der Waals surface area contributed by atoms with E-state index in [-0.39, 0.29) is 0 Å². The highest BCUT2D eigenvalue weighted by atomic mass is 16.3. The highest BCUT2D eigenvalue weighted by Crippen LogP contribution is 2.23. The topological polar surface area (TPSA) is 41.3 Å². The van der Waals surface area contributed by atoms with Gasteiger partial charge in [-0.15, -0.1) is 0 Å². The van der Waals surface area contributed by atoms with Crippen molar-refractivity contribution in [3.05, 3.63) is 47.7 Å². The molecule has 0 saturated heterocycles. The van der Waals surface area contributed by atoms with Gasteiger partial charge in [-0.25, -0.2) is 0 Å². The lowest BCUT2D eigenvalue weighted by atomic mass is 10.1. The Kier molecular flexibility index (Phi) is 5.18. The molecule has 0 radical (unpaired) electrons. The number of rotatable bonds is 7. The Morgan fingerprint density at radius 2 is 2.20 bits per heavy atom. The molecular formula is C16H23N3O. The summed E-state index contributed by atoms with van der Waals surface area (Å²) in [7, 11) is 0. The monoisotopic (exact) mass is 273 g/mol. The summed E-state index contributed by atoms with van der Waals surface area (Å²) in [6.45, 7) is 9.82. The average Bonchev–Trinajstić information content (AvgIpc) is 2.96. The van der Waals surface area contributed by atoms with E-state index in [4.69, 9.17) is 4.42 Å². The van der Waals surface area contributed by atoms with E-state index in [1.165, 1.54) is 11.3 Å². The Bertz CT molecular complexity index is 523. The van der Waals surface area contributed by atoms with Crippen LogP contribution in [0.15, 0.2) is 35.1 Å². The molecule has 0 spiro atoms. The van der Waals surface area contributed by atoms with E-state index in [1.54, 1.807) is 6.26 Å². The first-order valence-corrected chi connectivity index (χ1v) is 7.18. The second-order valence-corrected chi connectivity index (χ2v) is 4.83. The number of aromatic nitrogens is 1. The van der Waals surface area contributed by atoms with Gasteiger partial charge in [0.1, 0.15) is 5.76 Å². The SMILES string of the molecule is CCNCc1cnc(C)cc1N(CC)Cc1ccco1. The lowest BCUT2D eigenvalue weighted by Gasteiger charge is -2.25. The van der Waals surface area contributed by atoms with E-state index in [1.807, 2.05) is 25.3 Å². The smallest absolute Gasteiger partial charge is 0.123 e. The molecule has 20 heavy (non-hydrogen) atoms. The summed E-state index contributed by atoms with van der Waals surface area (Å²) in [6.07, 6.45) is 3.69. The van der Waals surface area contributed by atoms with Gasteiger partial charge in [0.15, 0.2) is 0 Å². The second-order valence-electron chi connectivity index (χ2n) is 4.83. The Morgan fingerprint density at radius 1 is 1.35 bits per heavy atom. The number of nitrogens with zero attached hydrogens (tertiary/aromatic N) is 2. The van der Waals surface area contributed by atoms with Gasteiger partial charge in [-0.2, -0.15) is 0 Å². The zero-order valence-corrected chi connectivity index (χ0v) is 12.5. The summed E-state index contributed by atoms with van der Waals surface area (Å²) in [5, 5.41) is 3.37. The van der Waals surface area contributed by atoms with Gasteiger partial charge in [0, 0.05) is 36.2 Å². The van der Waals surface area contributed by atoms with E-state index in [0.29, 0.717) is 0 Å². The lowest BCUT2D eigenvalue weighted by Crippen LogP contribution is -2.25. The van der Waals surface area contributed by atoms with E-state index in [0.717, 1.165) is 37.6 Å². The standard InChI is InChI=1S/C16H23N3O/c1-4-17-10-14-11-18-13(3)9-16(14)19(5-2)12-15-7-6-8-20-15/h6-9,11,17H,4-5,10,12H2,1-3H3. The third-order valence-electron chi connectivity index (χ3n) is 3.31. The van der Waals surface area contributed by atoms with Crippen LogP contribution in [0.3, 0.4) is 0 Å². The molecule has 4 heteroatoms. The zero-order valence-electron chi connectivity index (χ0n) is 12.5. The Balaban J connectivity index is 2.24. The number of aryl methyl sites for hydroxylation is 1. The third kappa shape index (κ3) is 3.61. The normalized spacial score (nSPS) is 10.8. The number of hydrogen-bond acceptors (Lipinski definition) is 4. The number of nitrogens with one attached hydrogen (secondary N) is 1. The van der Waals surface area contributed by atoms with Crippen LogP contribution in [0.2, 0.25) is 0 Å². The minimum Gasteiger partial charge on any atom is -0.467 e. The first-order valence-electron chi connectivity index (χ1n) is 7.18. The van der Waals surface area contributed by atoms with Crippen molar-refractivity contribution < 1.29 is 4.42 Å². The van der Waals surface area contributed by atoms with Crippen LogP contribution in [0.1, 0.15) is 30.9 Å². The van der Waals surface area contributed by atoms with Gasteiger partial charge in [0.2, 0.25) is 0 Å². The number of furan rings is 1. The van der Waals surface area contributed by atoms with Crippen LogP contribution in [-0.2, 0) is 13.1 Å². The van der Waals surface area contributed by atoms with Crippen LogP contribution < -0.4 is 10.2 Å². The zero-order chi connectivity index (χ0) is 14.4. The molecule has 2 aromatic rings. The third-order valence-corrected chi connectivity index (χ3v) is 3.31. The van der Waals surface area contributed by atoms with E-state index in [9.17, 15) is 0 Å². The predicted octanol–water partition coefficient (Wildman–Crippen LogP) is 3.12. The quantitative estimate of drug-likeness (QED) is 0.841. The molecular weight excluding hydrogens is 250 g/mol. The molecule has 0 unspecified atom stereocenters. The molecule has 4 nitrogen and oxygen atoms in total. The summed E-state index contributed by atoms with van der Waals surface area (Å²) < 4.78 is 5.47. The molecule has 0 saturated carbocycles. The van der Waals surface area contributed by atoms with E-state index in [2.05, 4.69) is 35.1 Å². The van der Waals surface area contributed by atoms with Crippen LogP contribution in [0.25, 0.3) is 0 Å². The first-order chi connectivity index (χ1) is 9.74. The minimum atomic E-state index is 0.784. The van der Waals surface area contributed by atoms with Crippen molar-refractivity contribution in [3.63, 3.8) is 0 Å². The summed E-state index contributed by atoms with van der Waals surface area (Å²) >= 11 is 0. The molecule has 0 atom stereocenters. The van der Waals surface area contributed by atoms with Crippen molar-refractivity contribution in [1.29, 1.82) is 0 Å². The fourth-order valence-electron chi connectivity index (χ4n) is 2.22. The highest BCUT2D eigenvalue weighted by molar-refractivity contribution is 5.53. The van der Waals surface area contributed by atoms with Gasteiger partial charge in [0.05, 0.1) is 12.8 Å². The molecule has 2 rings (SSSR count). The Labute approximate surface area is 120 Å². The van der Waals surface area contributed by atoms with E-state index < -0.39 is 0 Å². The van der Waals surface area contributed by atoms with Crippen LogP contribution in [0.4, 0.5) is 5.69 Å². The fourth-order valence-corrected chi connectivity index (χ4v) is 2.22. The fraction of sp³-hybridized carbons (Fsp3) is 0.438. The van der Waals surface area contributed by atoms with Crippen LogP contribution in [-0.4, -0.2) is 18.1 Å². The molecule has 2 heterocycles. The number of hydrogen-bond donors (Lipinski definition) is 1. The van der Waals surface area contributed by atoms with Gasteiger partial charge in [-0.3, -0.25) is 4.98 Å². The van der Waals surface area contributed by atoms with Crippen LogP contribution >= 0.6 is 0 Å².